The van der Waals surface area contributed by atoms with Crippen molar-refractivity contribution in [1.29, 1.82) is 0 Å². The molecule has 2 aliphatic heterocycles. The molecule has 1 N–H and O–H groups in total. The fourth-order valence-electron chi connectivity index (χ4n) is 7.01. The third-order valence-electron chi connectivity index (χ3n) is 9.41. The van der Waals surface area contributed by atoms with E-state index in [0.29, 0.717) is 44.5 Å². The number of epoxide rings is 1. The van der Waals surface area contributed by atoms with Crippen LogP contribution in [0.5, 0.6) is 0 Å². The van der Waals surface area contributed by atoms with E-state index in [-0.39, 0.29) is 29.8 Å². The zero-order valence-corrected chi connectivity index (χ0v) is 21.4. The summed E-state index contributed by atoms with van der Waals surface area (Å²) in [5.74, 6) is -0.981. The Labute approximate surface area is 207 Å². The largest absolute Gasteiger partial charge is 0.462 e. The summed E-state index contributed by atoms with van der Waals surface area (Å²) in [4.78, 5) is 36.6. The lowest BCUT2D eigenvalue weighted by Gasteiger charge is -2.63. The zero-order valence-electron chi connectivity index (χ0n) is 21.4. The first-order valence-corrected chi connectivity index (χ1v) is 12.7. The van der Waals surface area contributed by atoms with Crippen LogP contribution in [0, 0.1) is 22.7 Å². The van der Waals surface area contributed by atoms with Crippen LogP contribution in [-0.2, 0) is 33.3 Å². The van der Waals surface area contributed by atoms with Crippen LogP contribution in [-0.4, -0.2) is 60.6 Å². The van der Waals surface area contributed by atoms with Gasteiger partial charge in [-0.1, -0.05) is 19.9 Å². The number of aliphatic hydroxyl groups is 1. The summed E-state index contributed by atoms with van der Waals surface area (Å²) in [7, 11) is 0. The molecule has 0 unspecified atom stereocenters. The number of fused-ring (bicyclic) bond motifs is 2. The number of aliphatic hydroxyl groups excluding tert-OH is 1. The summed E-state index contributed by atoms with van der Waals surface area (Å²) >= 11 is 0. The molecule has 2 heterocycles. The van der Waals surface area contributed by atoms with Gasteiger partial charge in [-0.05, 0) is 68.8 Å². The van der Waals surface area contributed by atoms with Gasteiger partial charge in [0, 0.05) is 18.6 Å². The predicted octanol–water partition coefficient (Wildman–Crippen LogP) is 3.26. The van der Waals surface area contributed by atoms with Gasteiger partial charge in [0.05, 0.1) is 18.1 Å². The molecule has 1 spiro atoms. The minimum atomic E-state index is -0.923. The number of hydrogen-bond acceptors (Lipinski definition) is 8. The van der Waals surface area contributed by atoms with Crippen molar-refractivity contribution in [1.82, 2.24) is 0 Å². The van der Waals surface area contributed by atoms with E-state index in [1.54, 1.807) is 26.0 Å². The molecule has 3 fully saturated rings. The standard InChI is InChI=1S/C27H38O8/c1-6-16(2)24(31)33-14-26-20(7-8-21(29)27(26)15-34-27)25(5,10-9-19-12-23(30)32-13-19)17(3)11-22(26)35-18(4)28/h6,12,17,20-22,29H,7-11,13-15H2,1-5H3/b16-6+/t17-,20+,21-,22-,25-,26-,27+/m0/s1. The molecule has 35 heavy (non-hydrogen) atoms. The SMILES string of the molecule is C/C=C(\C)C(=O)OC[C@@]12[C@@H](OC(C)=O)C[C@H](C)[C@](C)(CCC3=CC(=O)OC3)[C@H]1CC[C@H](O)[C@]21CO1. The van der Waals surface area contributed by atoms with Gasteiger partial charge >= 0.3 is 17.9 Å². The second kappa shape index (κ2) is 9.36. The molecule has 8 heteroatoms. The smallest absolute Gasteiger partial charge is 0.333 e. The molecule has 2 aliphatic carbocycles. The molecule has 7 atom stereocenters. The number of hydrogen-bond donors (Lipinski definition) is 1. The van der Waals surface area contributed by atoms with E-state index < -0.39 is 35.2 Å². The molecule has 0 aromatic carbocycles. The number of allylic oxidation sites excluding steroid dienone is 1. The Morgan fingerprint density at radius 3 is 2.57 bits per heavy atom. The van der Waals surface area contributed by atoms with E-state index in [0.717, 1.165) is 12.0 Å². The summed E-state index contributed by atoms with van der Waals surface area (Å²) in [6, 6.07) is 0. The third kappa shape index (κ3) is 4.22. The van der Waals surface area contributed by atoms with Gasteiger partial charge in [-0.25, -0.2) is 9.59 Å². The molecule has 0 bridgehead atoms. The zero-order chi connectivity index (χ0) is 25.6. The quantitative estimate of drug-likeness (QED) is 0.251. The molecular weight excluding hydrogens is 452 g/mol. The molecule has 0 aromatic heterocycles. The molecule has 1 saturated heterocycles. The summed E-state index contributed by atoms with van der Waals surface area (Å²) in [6.07, 6.45) is 5.32. The van der Waals surface area contributed by atoms with E-state index in [1.807, 2.05) is 0 Å². The van der Waals surface area contributed by atoms with E-state index in [2.05, 4.69) is 13.8 Å². The highest BCUT2D eigenvalue weighted by molar-refractivity contribution is 5.87. The van der Waals surface area contributed by atoms with Crippen LogP contribution in [0.15, 0.2) is 23.3 Å². The molecular formula is C27H38O8. The average Bonchev–Trinajstić information content (AvgIpc) is 3.51. The highest BCUT2D eigenvalue weighted by atomic mass is 16.6. The topological polar surface area (TPSA) is 112 Å². The number of carbonyl (C=O) groups is 3. The first kappa shape index (κ1) is 25.9. The lowest BCUT2D eigenvalue weighted by molar-refractivity contribution is -0.245. The highest BCUT2D eigenvalue weighted by Crippen LogP contribution is 2.69. The lowest BCUT2D eigenvalue weighted by atomic mass is 9.42. The number of carbonyl (C=O) groups excluding carboxylic acids is 3. The number of esters is 3. The summed E-state index contributed by atoms with van der Waals surface area (Å²) in [5, 5.41) is 11.2. The van der Waals surface area contributed by atoms with Gasteiger partial charge in [0.25, 0.3) is 0 Å². The van der Waals surface area contributed by atoms with Crippen molar-refractivity contribution >= 4 is 17.9 Å². The van der Waals surface area contributed by atoms with Gasteiger partial charge in [0.2, 0.25) is 0 Å². The Morgan fingerprint density at radius 2 is 2.00 bits per heavy atom. The maximum atomic E-state index is 12.7. The van der Waals surface area contributed by atoms with Gasteiger partial charge in [-0.2, -0.15) is 0 Å². The number of rotatable bonds is 7. The van der Waals surface area contributed by atoms with Crippen molar-refractivity contribution in [2.24, 2.45) is 22.7 Å². The van der Waals surface area contributed by atoms with Gasteiger partial charge in [-0.3, -0.25) is 4.79 Å². The van der Waals surface area contributed by atoms with Crippen molar-refractivity contribution in [3.05, 3.63) is 23.3 Å². The first-order valence-electron chi connectivity index (χ1n) is 12.7. The molecule has 0 aromatic rings. The van der Waals surface area contributed by atoms with Crippen LogP contribution < -0.4 is 0 Å². The Hall–Kier alpha value is -2.19. The van der Waals surface area contributed by atoms with E-state index in [9.17, 15) is 19.5 Å². The normalized spacial score (nSPS) is 40.6. The van der Waals surface area contributed by atoms with E-state index >= 15 is 0 Å². The monoisotopic (exact) mass is 490 g/mol. The van der Waals surface area contributed by atoms with Crippen LogP contribution in [0.2, 0.25) is 0 Å². The minimum absolute atomic E-state index is 0.00326. The molecule has 0 amide bonds. The maximum Gasteiger partial charge on any atom is 0.333 e. The molecule has 2 saturated carbocycles. The summed E-state index contributed by atoms with van der Waals surface area (Å²) in [5.41, 5.74) is -0.566. The van der Waals surface area contributed by atoms with Gasteiger partial charge in [0.15, 0.2) is 0 Å². The molecule has 8 nitrogen and oxygen atoms in total. The van der Waals surface area contributed by atoms with Crippen molar-refractivity contribution in [2.45, 2.75) is 84.5 Å². The molecule has 0 radical (unpaired) electrons. The summed E-state index contributed by atoms with van der Waals surface area (Å²) < 4.78 is 23.0. The number of cyclic esters (lactones) is 1. The van der Waals surface area contributed by atoms with Crippen LogP contribution in [0.1, 0.15) is 66.7 Å². The van der Waals surface area contributed by atoms with Crippen LogP contribution in [0.25, 0.3) is 0 Å². The van der Waals surface area contributed by atoms with Crippen molar-refractivity contribution in [2.75, 3.05) is 19.8 Å². The predicted molar refractivity (Wildman–Crippen MR) is 126 cm³/mol. The molecule has 4 rings (SSSR count). The fraction of sp³-hybridized carbons (Fsp3) is 0.741. The Morgan fingerprint density at radius 1 is 1.29 bits per heavy atom. The van der Waals surface area contributed by atoms with Crippen molar-refractivity contribution < 1.29 is 38.4 Å². The lowest BCUT2D eigenvalue weighted by Crippen LogP contribution is -2.70. The Bertz CT molecular complexity index is 947. The number of ether oxygens (including phenoxy) is 4. The third-order valence-corrected chi connectivity index (χ3v) is 9.41. The van der Waals surface area contributed by atoms with Crippen molar-refractivity contribution in [3.8, 4) is 0 Å². The van der Waals surface area contributed by atoms with E-state index in [4.69, 9.17) is 18.9 Å². The van der Waals surface area contributed by atoms with Crippen LogP contribution >= 0.6 is 0 Å². The first-order chi connectivity index (χ1) is 16.5. The maximum absolute atomic E-state index is 12.7. The summed E-state index contributed by atoms with van der Waals surface area (Å²) in [6.45, 7) is 9.94. The average molecular weight is 491 g/mol. The van der Waals surface area contributed by atoms with Crippen molar-refractivity contribution in [3.63, 3.8) is 0 Å². The van der Waals surface area contributed by atoms with Crippen LogP contribution in [0.3, 0.4) is 0 Å². The Balaban J connectivity index is 1.75. The van der Waals surface area contributed by atoms with Crippen LogP contribution in [0.4, 0.5) is 0 Å². The molecule has 4 aliphatic rings. The van der Waals surface area contributed by atoms with E-state index in [1.165, 1.54) is 6.92 Å². The molecule has 194 valence electrons. The second-order valence-corrected chi connectivity index (χ2v) is 11.1. The highest BCUT2D eigenvalue weighted by Gasteiger charge is 2.77. The Kier molecular flexibility index (Phi) is 6.92. The van der Waals surface area contributed by atoms with Gasteiger partial charge in [-0.15, -0.1) is 0 Å². The fourth-order valence-corrected chi connectivity index (χ4v) is 7.01. The van der Waals surface area contributed by atoms with Gasteiger partial charge < -0.3 is 24.1 Å². The minimum Gasteiger partial charge on any atom is -0.462 e. The second-order valence-electron chi connectivity index (χ2n) is 11.1. The van der Waals surface area contributed by atoms with Gasteiger partial charge in [0.1, 0.15) is 24.9 Å².